The van der Waals surface area contributed by atoms with Gasteiger partial charge in [-0.05, 0) is 73.9 Å². The molecule has 3 heterocycles. The highest BCUT2D eigenvalue weighted by molar-refractivity contribution is 5.92. The quantitative estimate of drug-likeness (QED) is 0.120. The van der Waals surface area contributed by atoms with Gasteiger partial charge < -0.3 is 40.8 Å². The zero-order chi connectivity index (χ0) is 42.2. The SMILES string of the molecule is C/C=C(\NC(C)[C@@H]1CCCN1C(=O)[C@@H](NC(=O)C1C=C1)C(C)C)c1ccc(C#Cc2ccc(-c3cnc([C@@H]4CNCCN4C(=O)[C@@H](NC(=O)OC)C(C)C)[nH]3)cc2)cc1. The highest BCUT2D eigenvalue weighted by Crippen LogP contribution is 2.27. The maximum Gasteiger partial charge on any atom is 0.407 e. The first kappa shape index (κ1) is 42.7. The number of amides is 4. The highest BCUT2D eigenvalue weighted by atomic mass is 16.5. The zero-order valence-corrected chi connectivity index (χ0v) is 35.2. The van der Waals surface area contributed by atoms with Crippen LogP contribution in [-0.2, 0) is 19.1 Å². The molecule has 0 bridgehead atoms. The molecule has 1 aromatic heterocycles. The number of alkyl carbamates (subject to hydrolysis) is 1. The van der Waals surface area contributed by atoms with Crippen molar-refractivity contribution in [3.8, 4) is 23.1 Å². The lowest BCUT2D eigenvalue weighted by atomic mass is 10.00. The van der Waals surface area contributed by atoms with E-state index >= 15 is 0 Å². The molecule has 13 nitrogen and oxygen atoms in total. The van der Waals surface area contributed by atoms with Crippen LogP contribution in [-0.4, -0.2) is 101 Å². The highest BCUT2D eigenvalue weighted by Gasteiger charge is 2.39. The Morgan fingerprint density at radius 1 is 0.847 bits per heavy atom. The Labute approximate surface area is 347 Å². The van der Waals surface area contributed by atoms with Crippen LogP contribution in [0, 0.1) is 29.6 Å². The Kier molecular flexibility index (Phi) is 13.9. The van der Waals surface area contributed by atoms with Gasteiger partial charge >= 0.3 is 6.09 Å². The molecule has 5 atom stereocenters. The minimum atomic E-state index is -0.718. The molecular formula is C46H58N8O5. The van der Waals surface area contributed by atoms with Gasteiger partial charge in [0, 0.05) is 49.0 Å². The molecule has 2 aliphatic heterocycles. The molecule has 0 saturated carbocycles. The molecule has 59 heavy (non-hydrogen) atoms. The van der Waals surface area contributed by atoms with E-state index < -0.39 is 18.2 Å². The number of piperazine rings is 1. The van der Waals surface area contributed by atoms with Crippen molar-refractivity contribution in [2.24, 2.45) is 17.8 Å². The van der Waals surface area contributed by atoms with Gasteiger partial charge in [-0.2, -0.15) is 0 Å². The average molecular weight is 803 g/mol. The number of H-pyrrole nitrogens is 1. The van der Waals surface area contributed by atoms with E-state index in [1.54, 1.807) is 11.1 Å². The van der Waals surface area contributed by atoms with Crippen LogP contribution >= 0.6 is 0 Å². The molecule has 2 aromatic carbocycles. The number of allylic oxidation sites excluding steroid dienone is 1. The number of likely N-dealkylation sites (tertiary alicyclic amines) is 1. The van der Waals surface area contributed by atoms with Crippen molar-refractivity contribution in [3.63, 3.8) is 0 Å². The van der Waals surface area contributed by atoms with E-state index in [9.17, 15) is 19.2 Å². The lowest BCUT2D eigenvalue weighted by Crippen LogP contribution is -2.57. The molecule has 3 aliphatic rings. The van der Waals surface area contributed by atoms with Crippen molar-refractivity contribution in [1.82, 2.24) is 41.0 Å². The van der Waals surface area contributed by atoms with Crippen molar-refractivity contribution in [3.05, 3.63) is 95.5 Å². The van der Waals surface area contributed by atoms with E-state index in [0.717, 1.165) is 46.5 Å². The molecule has 1 unspecified atom stereocenters. The fraction of sp³-hybridized carbons (Fsp3) is 0.457. The number of carbonyl (C=O) groups is 4. The van der Waals surface area contributed by atoms with Gasteiger partial charge in [-0.3, -0.25) is 14.4 Å². The van der Waals surface area contributed by atoms with Crippen LogP contribution in [0.1, 0.15) is 82.9 Å². The van der Waals surface area contributed by atoms with Gasteiger partial charge in [0.25, 0.3) is 0 Å². The summed E-state index contributed by atoms with van der Waals surface area (Å²) in [6, 6.07) is 14.5. The number of imidazole rings is 1. The summed E-state index contributed by atoms with van der Waals surface area (Å²) in [5, 5.41) is 12.7. The summed E-state index contributed by atoms with van der Waals surface area (Å²) in [6.45, 7) is 14.2. The Morgan fingerprint density at radius 3 is 2.08 bits per heavy atom. The Bertz CT molecular complexity index is 2090. The summed E-state index contributed by atoms with van der Waals surface area (Å²) < 4.78 is 4.77. The summed E-state index contributed by atoms with van der Waals surface area (Å²) in [4.78, 5) is 63.7. The predicted molar refractivity (Wildman–Crippen MR) is 228 cm³/mol. The van der Waals surface area contributed by atoms with Gasteiger partial charge in [0.2, 0.25) is 17.7 Å². The zero-order valence-electron chi connectivity index (χ0n) is 35.2. The van der Waals surface area contributed by atoms with Gasteiger partial charge in [0.1, 0.15) is 23.9 Å². The minimum Gasteiger partial charge on any atom is -0.453 e. The molecular weight excluding hydrogens is 745 g/mol. The van der Waals surface area contributed by atoms with E-state index in [1.165, 1.54) is 7.11 Å². The summed E-state index contributed by atoms with van der Waals surface area (Å²) in [6.07, 6.45) is 8.70. The van der Waals surface area contributed by atoms with Crippen LogP contribution in [0.25, 0.3) is 17.0 Å². The molecule has 3 aromatic rings. The van der Waals surface area contributed by atoms with Crippen molar-refractivity contribution in [2.75, 3.05) is 33.3 Å². The Morgan fingerprint density at radius 2 is 1.47 bits per heavy atom. The van der Waals surface area contributed by atoms with E-state index in [0.29, 0.717) is 32.0 Å². The fourth-order valence-corrected chi connectivity index (χ4v) is 7.79. The molecule has 0 spiro atoms. The van der Waals surface area contributed by atoms with Crippen molar-refractivity contribution < 1.29 is 23.9 Å². The molecule has 312 valence electrons. The standard InChI is InChI=1S/C46H58N8O5/c1-8-36(49-30(6)38-10-9-24-53(38)44(56)40(28(2)3)51-43(55)35-21-22-35)33-17-13-31(14-18-33)11-12-32-15-19-34(20-16-32)37-26-48-42(50-37)39-27-47-23-25-54(39)45(57)41(29(4)5)52-46(58)59-7/h8,13-22,26,28-30,35,38-41,47,49H,9-10,23-25,27H2,1-7H3,(H,48,50)(H,51,55)(H,52,58)/b36-8-/t30?,38-,39-,40-,41-/m0/s1. The van der Waals surface area contributed by atoms with E-state index in [1.807, 2.05) is 88.1 Å². The third-order valence-electron chi connectivity index (χ3n) is 11.3. The Hall–Kier alpha value is -5.87. The van der Waals surface area contributed by atoms with E-state index in [-0.39, 0.29) is 53.6 Å². The number of nitrogens with one attached hydrogen (secondary N) is 5. The molecule has 4 amide bonds. The minimum absolute atomic E-state index is 0.000431. The topological polar surface area (TPSA) is 161 Å². The number of aromatic nitrogens is 2. The maximum atomic E-state index is 13.7. The average Bonchev–Trinajstić information content (AvgIpc) is 3.77. The monoisotopic (exact) mass is 802 g/mol. The van der Waals surface area contributed by atoms with Crippen molar-refractivity contribution >= 4 is 29.5 Å². The van der Waals surface area contributed by atoms with Gasteiger partial charge in [0.15, 0.2) is 0 Å². The van der Waals surface area contributed by atoms with Crippen LogP contribution in [0.2, 0.25) is 0 Å². The van der Waals surface area contributed by atoms with Crippen molar-refractivity contribution in [1.29, 1.82) is 0 Å². The second-order valence-corrected chi connectivity index (χ2v) is 16.2. The number of carbonyl (C=O) groups excluding carboxylic acids is 4. The van der Waals surface area contributed by atoms with Gasteiger partial charge in [-0.25, -0.2) is 9.78 Å². The van der Waals surface area contributed by atoms with Crippen molar-refractivity contribution in [2.45, 2.75) is 84.6 Å². The van der Waals surface area contributed by atoms with Gasteiger partial charge in [-0.15, -0.1) is 0 Å². The lowest BCUT2D eigenvalue weighted by molar-refractivity contribution is -0.139. The number of hydrogen-bond acceptors (Lipinski definition) is 8. The second kappa shape index (κ2) is 19.3. The van der Waals surface area contributed by atoms with E-state index in [4.69, 9.17) is 4.74 Å². The first-order valence-corrected chi connectivity index (χ1v) is 20.7. The van der Waals surface area contributed by atoms with Crippen LogP contribution in [0.4, 0.5) is 4.79 Å². The second-order valence-electron chi connectivity index (χ2n) is 16.2. The number of hydrogen-bond donors (Lipinski definition) is 5. The number of nitrogens with zero attached hydrogens (tertiary/aromatic N) is 3. The van der Waals surface area contributed by atoms with Crippen LogP contribution in [0.15, 0.2) is 73.0 Å². The first-order chi connectivity index (χ1) is 28.4. The lowest BCUT2D eigenvalue weighted by Gasteiger charge is -2.38. The molecule has 13 heteroatoms. The number of aromatic amines is 1. The first-order valence-electron chi connectivity index (χ1n) is 20.7. The third kappa shape index (κ3) is 10.4. The number of methoxy groups -OCH3 is 1. The fourth-order valence-electron chi connectivity index (χ4n) is 7.79. The smallest absolute Gasteiger partial charge is 0.407 e. The number of ether oxygens (including phenoxy) is 1. The molecule has 0 radical (unpaired) electrons. The summed E-state index contributed by atoms with van der Waals surface area (Å²) in [5.41, 5.74) is 5.53. The largest absolute Gasteiger partial charge is 0.453 e. The van der Waals surface area contributed by atoms with Gasteiger partial charge in [0.05, 0.1) is 31.0 Å². The summed E-state index contributed by atoms with van der Waals surface area (Å²) >= 11 is 0. The van der Waals surface area contributed by atoms with Crippen LogP contribution in [0.5, 0.6) is 0 Å². The third-order valence-corrected chi connectivity index (χ3v) is 11.3. The number of rotatable bonds is 13. The number of benzene rings is 2. The van der Waals surface area contributed by atoms with Gasteiger partial charge in [-0.1, -0.05) is 82.0 Å². The summed E-state index contributed by atoms with van der Waals surface area (Å²) in [7, 11) is 1.29. The molecule has 6 rings (SSSR count). The van der Waals surface area contributed by atoms with E-state index in [2.05, 4.69) is 68.2 Å². The molecule has 2 fully saturated rings. The van der Waals surface area contributed by atoms with Crippen LogP contribution in [0.3, 0.4) is 0 Å². The molecule has 2 saturated heterocycles. The normalized spacial score (nSPS) is 19.4. The maximum absolute atomic E-state index is 13.7. The Balaban J connectivity index is 1.06. The summed E-state index contributed by atoms with van der Waals surface area (Å²) in [5.74, 6) is 6.60. The molecule has 5 N–H and O–H groups in total. The predicted octanol–water partition coefficient (Wildman–Crippen LogP) is 4.99. The van der Waals surface area contributed by atoms with Crippen LogP contribution < -0.4 is 21.3 Å². The molecule has 1 aliphatic carbocycles.